The molecule has 0 amide bonds. The van der Waals surface area contributed by atoms with E-state index in [2.05, 4.69) is 45.1 Å². The highest BCUT2D eigenvalue weighted by atomic mass is 16.3. The van der Waals surface area contributed by atoms with Crippen molar-refractivity contribution < 1.29 is 5.11 Å². The van der Waals surface area contributed by atoms with Crippen LogP contribution in [-0.4, -0.2) is 45.5 Å². The Kier molecular flexibility index (Phi) is 5.08. The van der Waals surface area contributed by atoms with Gasteiger partial charge in [-0.3, -0.25) is 9.98 Å². The Morgan fingerprint density at radius 3 is 2.72 bits per heavy atom. The molecule has 8 heteroatoms. The third kappa shape index (κ3) is 3.28. The van der Waals surface area contributed by atoms with Crippen LogP contribution in [0.1, 0.15) is 59.2 Å². The van der Waals surface area contributed by atoms with E-state index in [1.54, 1.807) is 0 Å². The first-order valence-corrected chi connectivity index (χ1v) is 13.0. The van der Waals surface area contributed by atoms with E-state index in [1.165, 1.54) is 11.1 Å². The Morgan fingerprint density at radius 2 is 1.89 bits per heavy atom. The first-order valence-electron chi connectivity index (χ1n) is 13.0. The maximum atomic E-state index is 10.3. The van der Waals surface area contributed by atoms with Crippen LogP contribution in [0.2, 0.25) is 0 Å². The summed E-state index contributed by atoms with van der Waals surface area (Å²) in [5, 5.41) is 10.3. The van der Waals surface area contributed by atoms with Crippen molar-refractivity contribution in [3.8, 4) is 0 Å². The summed E-state index contributed by atoms with van der Waals surface area (Å²) in [6.45, 7) is 2.97. The summed E-state index contributed by atoms with van der Waals surface area (Å²) in [5.41, 5.74) is 14.1. The molecule has 1 spiro atoms. The summed E-state index contributed by atoms with van der Waals surface area (Å²) < 4.78 is 0. The quantitative estimate of drug-likeness (QED) is 0.580. The Hall–Kier alpha value is -3.36. The second kappa shape index (κ2) is 8.35. The second-order valence-electron chi connectivity index (χ2n) is 10.5. The molecule has 5 heterocycles. The van der Waals surface area contributed by atoms with Gasteiger partial charge >= 0.3 is 0 Å². The summed E-state index contributed by atoms with van der Waals surface area (Å²) in [4.78, 5) is 23.9. The third-order valence-corrected chi connectivity index (χ3v) is 8.62. The first-order chi connectivity index (χ1) is 17.7. The number of hydrogen-bond acceptors (Lipinski definition) is 8. The number of amidine groups is 1. The molecule has 0 radical (unpaired) electrons. The number of hydrogen-bond donors (Lipinski definition) is 2. The van der Waals surface area contributed by atoms with E-state index in [9.17, 15) is 5.11 Å². The minimum Gasteiger partial charge on any atom is -0.390 e. The predicted molar refractivity (Wildman–Crippen MR) is 139 cm³/mol. The van der Waals surface area contributed by atoms with Crippen molar-refractivity contribution in [1.82, 2.24) is 15.0 Å². The van der Waals surface area contributed by atoms with Crippen molar-refractivity contribution in [2.24, 2.45) is 16.1 Å². The van der Waals surface area contributed by atoms with Crippen molar-refractivity contribution in [2.45, 2.75) is 51.3 Å². The Bertz CT molecular complexity index is 1360. The highest BCUT2D eigenvalue weighted by Gasteiger charge is 2.46. The van der Waals surface area contributed by atoms with Gasteiger partial charge in [-0.1, -0.05) is 24.3 Å². The molecule has 1 aliphatic carbocycles. The van der Waals surface area contributed by atoms with Gasteiger partial charge in [0.2, 0.25) is 0 Å². The average molecular weight is 482 g/mol. The number of nitrogens with two attached hydrogens (primary N) is 1. The van der Waals surface area contributed by atoms with Crippen LogP contribution in [0.25, 0.3) is 0 Å². The van der Waals surface area contributed by atoms with E-state index < -0.39 is 0 Å². The molecule has 2 aromatic heterocycles. The van der Waals surface area contributed by atoms with Crippen LogP contribution >= 0.6 is 0 Å². The lowest BCUT2D eigenvalue weighted by Gasteiger charge is -2.43. The zero-order chi connectivity index (χ0) is 24.3. The van der Waals surface area contributed by atoms with E-state index in [-0.39, 0.29) is 18.1 Å². The van der Waals surface area contributed by atoms with Crippen molar-refractivity contribution in [3.63, 3.8) is 0 Å². The van der Waals surface area contributed by atoms with Gasteiger partial charge in [-0.25, -0.2) is 9.97 Å². The number of aliphatic hydroxyl groups is 1. The van der Waals surface area contributed by atoms with Crippen molar-refractivity contribution >= 4 is 17.3 Å². The molecule has 7 rings (SSSR count). The molecular formula is C28H31N7O. The van der Waals surface area contributed by atoms with Gasteiger partial charge in [-0.2, -0.15) is 0 Å². The molecule has 4 aliphatic rings. The first kappa shape index (κ1) is 21.9. The summed E-state index contributed by atoms with van der Waals surface area (Å²) >= 11 is 0. The molecule has 3 aliphatic heterocycles. The molecule has 0 bridgehead atoms. The molecule has 0 saturated carbocycles. The second-order valence-corrected chi connectivity index (χ2v) is 10.5. The van der Waals surface area contributed by atoms with E-state index in [4.69, 9.17) is 20.7 Å². The smallest absolute Gasteiger partial charge is 0.156 e. The van der Waals surface area contributed by atoms with Crippen molar-refractivity contribution in [3.05, 3.63) is 76.5 Å². The van der Waals surface area contributed by atoms with Crippen LogP contribution in [-0.2, 0) is 26.0 Å². The highest BCUT2D eigenvalue weighted by Crippen LogP contribution is 2.51. The zero-order valence-corrected chi connectivity index (χ0v) is 20.4. The van der Waals surface area contributed by atoms with Crippen LogP contribution in [0.15, 0.2) is 47.6 Å². The molecule has 184 valence electrons. The lowest BCUT2D eigenvalue weighted by atomic mass is 9.73. The van der Waals surface area contributed by atoms with Gasteiger partial charge in [0.15, 0.2) is 11.7 Å². The molecule has 1 atom stereocenters. The Labute approximate surface area is 210 Å². The number of aliphatic imine (C=N–C) groups is 1. The standard InChI is InChI=1S/C28H31N7O/c29-25-19-6-2-1-5-18(19)15-28(25)9-13-34(14-10-28)26-22(17-36)32-24-21(33-26)16-31-27(24)35-12-4-7-20-23(35)8-3-11-30-20/h1-3,5-6,8,11,25,36H,4,7,9-10,12-17,29H2. The fourth-order valence-corrected chi connectivity index (χ4v) is 6.66. The molecule has 8 nitrogen and oxygen atoms in total. The molecule has 3 aromatic rings. The van der Waals surface area contributed by atoms with E-state index in [1.807, 2.05) is 12.3 Å². The number of rotatable bonds is 2. The topological polar surface area (TPSA) is 104 Å². The minimum atomic E-state index is -0.145. The van der Waals surface area contributed by atoms with Crippen molar-refractivity contribution in [1.29, 1.82) is 0 Å². The summed E-state index contributed by atoms with van der Waals surface area (Å²) in [6, 6.07) is 12.8. The number of benzene rings is 1. The van der Waals surface area contributed by atoms with Gasteiger partial charge in [-0.05, 0) is 60.8 Å². The number of nitrogens with zero attached hydrogens (tertiary/aromatic N) is 6. The lowest BCUT2D eigenvalue weighted by molar-refractivity contribution is 0.186. The largest absolute Gasteiger partial charge is 0.390 e. The maximum Gasteiger partial charge on any atom is 0.156 e. The number of fused-ring (bicyclic) bond motifs is 3. The predicted octanol–water partition coefficient (Wildman–Crippen LogP) is 2.92. The van der Waals surface area contributed by atoms with Crippen molar-refractivity contribution in [2.75, 3.05) is 29.4 Å². The zero-order valence-electron chi connectivity index (χ0n) is 20.4. The third-order valence-electron chi connectivity index (χ3n) is 8.62. The molecule has 1 fully saturated rings. The van der Waals surface area contributed by atoms with Gasteiger partial charge < -0.3 is 20.6 Å². The number of aromatic nitrogens is 3. The summed E-state index contributed by atoms with van der Waals surface area (Å²) in [5.74, 6) is 1.65. The highest BCUT2D eigenvalue weighted by molar-refractivity contribution is 6.11. The van der Waals surface area contributed by atoms with Crippen LogP contribution in [0.5, 0.6) is 0 Å². The SMILES string of the molecule is NC1c2ccccc2CC12CCN(c1nc3c(nc1CO)C(N1CCCc4ncccc41)=NC3)CC2. The van der Waals surface area contributed by atoms with Gasteiger partial charge in [0.05, 0.1) is 30.2 Å². The molecule has 1 unspecified atom stereocenters. The monoisotopic (exact) mass is 481 g/mol. The molecular weight excluding hydrogens is 450 g/mol. The van der Waals surface area contributed by atoms with Crippen LogP contribution < -0.4 is 15.5 Å². The van der Waals surface area contributed by atoms with Crippen LogP contribution in [0.4, 0.5) is 11.5 Å². The number of aliphatic hydroxyl groups excluding tert-OH is 1. The van der Waals surface area contributed by atoms with E-state index >= 15 is 0 Å². The average Bonchev–Trinajstić information content (AvgIpc) is 3.46. The van der Waals surface area contributed by atoms with Gasteiger partial charge in [0.25, 0.3) is 0 Å². The number of aryl methyl sites for hydroxylation is 1. The molecule has 36 heavy (non-hydrogen) atoms. The fraction of sp³-hybridized carbons (Fsp3) is 0.429. The molecule has 1 aromatic carbocycles. The van der Waals surface area contributed by atoms with Gasteiger partial charge in [-0.15, -0.1) is 0 Å². The molecule has 1 saturated heterocycles. The minimum absolute atomic E-state index is 0.0807. The van der Waals surface area contributed by atoms with Gasteiger partial charge in [0.1, 0.15) is 11.4 Å². The van der Waals surface area contributed by atoms with E-state index in [0.29, 0.717) is 12.2 Å². The number of anilines is 2. The maximum absolute atomic E-state index is 10.3. The van der Waals surface area contributed by atoms with Gasteiger partial charge in [0, 0.05) is 31.9 Å². The van der Waals surface area contributed by atoms with Crippen LogP contribution in [0.3, 0.4) is 0 Å². The summed E-state index contributed by atoms with van der Waals surface area (Å²) in [6.07, 6.45) is 6.91. The molecule has 3 N–H and O–H groups in total. The van der Waals surface area contributed by atoms with E-state index in [0.717, 1.165) is 86.2 Å². The number of pyridine rings is 1. The van der Waals surface area contributed by atoms with Crippen LogP contribution in [0, 0.1) is 5.41 Å². The fourth-order valence-electron chi connectivity index (χ4n) is 6.66. The normalized spacial score (nSPS) is 21.8. The Balaban J connectivity index is 1.15. The lowest BCUT2D eigenvalue weighted by Crippen LogP contribution is -2.45. The summed E-state index contributed by atoms with van der Waals surface area (Å²) in [7, 11) is 0. The number of piperidine rings is 1. The Morgan fingerprint density at radius 1 is 1.03 bits per heavy atom.